The molecule has 2 amide bonds. The maximum Gasteiger partial charge on any atom is 0.244 e. The van der Waals surface area contributed by atoms with Crippen molar-refractivity contribution in [3.05, 3.63) is 51.0 Å². The molecule has 1 atom stereocenters. The van der Waals surface area contributed by atoms with E-state index in [1.165, 1.54) is 4.31 Å². The molecule has 34 heavy (non-hydrogen) atoms. The van der Waals surface area contributed by atoms with Gasteiger partial charge in [0.2, 0.25) is 21.8 Å². The van der Waals surface area contributed by atoms with Crippen molar-refractivity contribution in [2.75, 3.05) is 29.9 Å². The number of sulfonamides is 1. The second-order valence-corrected chi connectivity index (χ2v) is 11.8. The molecule has 0 aliphatic carbocycles. The lowest BCUT2D eigenvalue weighted by Crippen LogP contribution is -2.43. The van der Waals surface area contributed by atoms with Crippen LogP contribution in [0.15, 0.2) is 39.7 Å². The molecule has 0 bridgehead atoms. The quantitative estimate of drug-likeness (QED) is 0.564. The van der Waals surface area contributed by atoms with Gasteiger partial charge in [-0.25, -0.2) is 8.42 Å². The highest BCUT2D eigenvalue weighted by atomic mass is 79.9. The predicted molar refractivity (Wildman–Crippen MR) is 137 cm³/mol. The van der Waals surface area contributed by atoms with E-state index in [1.807, 2.05) is 6.92 Å². The van der Waals surface area contributed by atoms with E-state index in [2.05, 4.69) is 21.2 Å². The summed E-state index contributed by atoms with van der Waals surface area (Å²) in [5.41, 5.74) is 2.99. The van der Waals surface area contributed by atoms with Gasteiger partial charge in [-0.1, -0.05) is 24.6 Å². The maximum atomic E-state index is 13.6. The minimum absolute atomic E-state index is 0.0320. The van der Waals surface area contributed by atoms with Gasteiger partial charge in [-0.2, -0.15) is 4.31 Å². The zero-order chi connectivity index (χ0) is 24.6. The molecule has 1 fully saturated rings. The average molecular weight is 569 g/mol. The molecule has 2 heterocycles. The lowest BCUT2D eigenvalue weighted by Gasteiger charge is -2.32. The first-order chi connectivity index (χ1) is 16.1. The van der Waals surface area contributed by atoms with Crippen LogP contribution in [0.3, 0.4) is 0 Å². The van der Waals surface area contributed by atoms with Crippen molar-refractivity contribution in [3.63, 3.8) is 0 Å². The van der Waals surface area contributed by atoms with Crippen LogP contribution in [0.25, 0.3) is 0 Å². The van der Waals surface area contributed by atoms with Gasteiger partial charge < -0.3 is 10.2 Å². The van der Waals surface area contributed by atoms with E-state index in [0.717, 1.165) is 11.1 Å². The largest absolute Gasteiger partial charge is 0.326 e. The lowest BCUT2D eigenvalue weighted by atomic mass is 9.98. The number of amides is 2. The number of carbonyl (C=O) groups is 2. The summed E-state index contributed by atoms with van der Waals surface area (Å²) in [4.78, 5) is 27.1. The maximum absolute atomic E-state index is 13.6. The van der Waals surface area contributed by atoms with E-state index in [9.17, 15) is 18.0 Å². The Kier molecular flexibility index (Phi) is 7.38. The van der Waals surface area contributed by atoms with E-state index in [-0.39, 0.29) is 23.3 Å². The Balaban J connectivity index is 1.57. The van der Waals surface area contributed by atoms with Crippen LogP contribution in [0, 0.1) is 12.8 Å². The number of anilines is 2. The highest BCUT2D eigenvalue weighted by molar-refractivity contribution is 9.10. The van der Waals surface area contributed by atoms with Gasteiger partial charge in [0.15, 0.2) is 0 Å². The second kappa shape index (κ2) is 9.97. The number of hydrogen-bond acceptors (Lipinski definition) is 4. The summed E-state index contributed by atoms with van der Waals surface area (Å²) in [7, 11) is -3.88. The van der Waals surface area contributed by atoms with Crippen LogP contribution in [0.4, 0.5) is 11.4 Å². The summed E-state index contributed by atoms with van der Waals surface area (Å²) in [6, 6.07) is 8.68. The first-order valence-electron chi connectivity index (χ1n) is 11.3. The molecule has 0 spiro atoms. The van der Waals surface area contributed by atoms with Crippen LogP contribution in [-0.2, 0) is 26.0 Å². The Morgan fingerprint density at radius 1 is 1.24 bits per heavy atom. The number of hydrogen-bond donors (Lipinski definition) is 1. The number of benzene rings is 2. The summed E-state index contributed by atoms with van der Waals surface area (Å²) in [6.45, 7) is 4.60. The lowest BCUT2D eigenvalue weighted by molar-refractivity contribution is -0.121. The third-order valence-electron chi connectivity index (χ3n) is 6.53. The molecule has 2 aliphatic heterocycles. The molecule has 2 aliphatic rings. The van der Waals surface area contributed by atoms with Crippen LogP contribution in [0.1, 0.15) is 37.3 Å². The standard InChI is InChI=1S/C24H27BrClN3O4S/c1-3-23(30)29-11-9-16-12-18(25)22(13-21(16)29)34(32,33)28-10-5-6-17(14-28)24(31)27-20-8-4-7-19(26)15(20)2/h4,7-8,12-13,17H,3,5-6,9-11,14H2,1-2H3,(H,27,31)/t17-/m0/s1. The third kappa shape index (κ3) is 4.76. The normalized spacial score (nSPS) is 18.6. The van der Waals surface area contributed by atoms with E-state index >= 15 is 0 Å². The summed E-state index contributed by atoms with van der Waals surface area (Å²) in [5, 5.41) is 3.46. The van der Waals surface area contributed by atoms with Crippen LogP contribution in [0.2, 0.25) is 5.02 Å². The molecular formula is C24H27BrClN3O4S. The molecule has 10 heteroatoms. The summed E-state index contributed by atoms with van der Waals surface area (Å²) >= 11 is 9.59. The second-order valence-electron chi connectivity index (χ2n) is 8.66. The fourth-order valence-corrected chi connectivity index (χ4v) is 7.30. The van der Waals surface area contributed by atoms with E-state index in [1.54, 1.807) is 42.2 Å². The highest BCUT2D eigenvalue weighted by Crippen LogP contribution is 2.37. The van der Waals surface area contributed by atoms with Gasteiger partial charge in [-0.15, -0.1) is 0 Å². The minimum atomic E-state index is -3.88. The van der Waals surface area contributed by atoms with Gasteiger partial charge in [-0.05, 0) is 77.5 Å². The number of rotatable bonds is 5. The van der Waals surface area contributed by atoms with Crippen LogP contribution < -0.4 is 10.2 Å². The topological polar surface area (TPSA) is 86.8 Å². The van der Waals surface area contributed by atoms with Crippen LogP contribution in [-0.4, -0.2) is 44.2 Å². The average Bonchev–Trinajstić information content (AvgIpc) is 3.23. The Hall–Kier alpha value is -1.94. The van der Waals surface area contributed by atoms with Crippen molar-refractivity contribution in [1.82, 2.24) is 4.31 Å². The highest BCUT2D eigenvalue weighted by Gasteiger charge is 2.36. The zero-order valence-electron chi connectivity index (χ0n) is 19.1. The Labute approximate surface area is 213 Å². The van der Waals surface area contributed by atoms with Crippen LogP contribution in [0.5, 0.6) is 0 Å². The van der Waals surface area contributed by atoms with Crippen LogP contribution >= 0.6 is 27.5 Å². The Bertz CT molecular complexity index is 1250. The minimum Gasteiger partial charge on any atom is -0.326 e. The molecule has 1 N–H and O–H groups in total. The van der Waals surface area contributed by atoms with Gasteiger partial charge in [0, 0.05) is 46.9 Å². The molecule has 2 aromatic carbocycles. The number of halogens is 2. The van der Waals surface area contributed by atoms with Gasteiger partial charge in [0.05, 0.1) is 10.8 Å². The van der Waals surface area contributed by atoms with Gasteiger partial charge in [0.1, 0.15) is 0 Å². The summed E-state index contributed by atoms with van der Waals surface area (Å²) in [5.74, 6) is -0.735. The molecular weight excluding hydrogens is 542 g/mol. The number of carbonyl (C=O) groups excluding carboxylic acids is 2. The van der Waals surface area contributed by atoms with E-state index in [0.29, 0.717) is 59.6 Å². The fraction of sp³-hybridized carbons (Fsp3) is 0.417. The molecule has 0 aromatic heterocycles. The predicted octanol–water partition coefficient (Wildman–Crippen LogP) is 4.75. The SMILES string of the molecule is CCC(=O)N1CCc2cc(Br)c(S(=O)(=O)N3CCC[C@H](C(=O)Nc4cccc(Cl)c4C)C3)cc21. The van der Waals surface area contributed by atoms with Crippen molar-refractivity contribution in [2.45, 2.75) is 44.4 Å². The first kappa shape index (κ1) is 25.2. The summed E-state index contributed by atoms with van der Waals surface area (Å²) < 4.78 is 29.1. The van der Waals surface area contributed by atoms with Crippen molar-refractivity contribution < 1.29 is 18.0 Å². The van der Waals surface area contributed by atoms with E-state index < -0.39 is 15.9 Å². The molecule has 1 saturated heterocycles. The van der Waals surface area contributed by atoms with Crippen molar-refractivity contribution >= 4 is 60.7 Å². The monoisotopic (exact) mass is 567 g/mol. The first-order valence-corrected chi connectivity index (χ1v) is 13.9. The molecule has 0 unspecified atom stereocenters. The number of nitrogens with zero attached hydrogens (tertiary/aromatic N) is 2. The summed E-state index contributed by atoms with van der Waals surface area (Å²) in [6.07, 6.45) is 2.22. The molecule has 2 aromatic rings. The number of piperidine rings is 1. The fourth-order valence-electron chi connectivity index (χ4n) is 4.53. The Morgan fingerprint density at radius 3 is 2.74 bits per heavy atom. The zero-order valence-corrected chi connectivity index (χ0v) is 22.3. The smallest absolute Gasteiger partial charge is 0.244 e. The Morgan fingerprint density at radius 2 is 2.00 bits per heavy atom. The van der Waals surface area contributed by atoms with Gasteiger partial charge >= 0.3 is 0 Å². The molecule has 182 valence electrons. The number of fused-ring (bicyclic) bond motifs is 1. The van der Waals surface area contributed by atoms with E-state index in [4.69, 9.17) is 11.6 Å². The number of nitrogens with one attached hydrogen (secondary N) is 1. The van der Waals surface area contributed by atoms with Crippen molar-refractivity contribution in [3.8, 4) is 0 Å². The van der Waals surface area contributed by atoms with Gasteiger partial charge in [0.25, 0.3) is 0 Å². The van der Waals surface area contributed by atoms with Crippen molar-refractivity contribution in [1.29, 1.82) is 0 Å². The molecule has 0 saturated carbocycles. The molecule has 0 radical (unpaired) electrons. The third-order valence-corrected chi connectivity index (χ3v) is 9.76. The molecule has 7 nitrogen and oxygen atoms in total. The van der Waals surface area contributed by atoms with Crippen molar-refractivity contribution in [2.24, 2.45) is 5.92 Å². The molecule has 4 rings (SSSR count). The van der Waals surface area contributed by atoms with Gasteiger partial charge in [-0.3, -0.25) is 9.59 Å².